The largest absolute Gasteiger partial charge is 0.481 e. The summed E-state index contributed by atoms with van der Waals surface area (Å²) in [5.41, 5.74) is -2.63. The summed E-state index contributed by atoms with van der Waals surface area (Å²) in [4.78, 5) is 54.5. The summed E-state index contributed by atoms with van der Waals surface area (Å²) in [6.45, 7) is 3.94. The fourth-order valence-corrected chi connectivity index (χ4v) is 6.64. The Balaban J connectivity index is 1.96. The molecule has 0 spiro atoms. The van der Waals surface area contributed by atoms with Crippen LogP contribution in [0.15, 0.2) is 40.1 Å². The standard InChI is InChI=1S/C36H43F5N4O5/c1-20-8-6-7-9-22-15-25(37)14-21(2)31(22)24-16-26(32(38)27(17-24)36(39,40)41)28(18-30(46)47)42-33(48)29(11-10-20)45-19-23(12-13-43(3)4)34(49)44(5)35(45)50/h14-17,19-20,28-29H,6-13,18H2,1-5H3,(H,42,48)(H,46,47)/t20?,28-,29-/m0/s1. The van der Waals surface area contributed by atoms with Crippen molar-refractivity contribution in [3.05, 3.63) is 90.8 Å². The van der Waals surface area contributed by atoms with Crippen LogP contribution in [0.5, 0.6) is 0 Å². The molecule has 2 bridgehead atoms. The summed E-state index contributed by atoms with van der Waals surface area (Å²) in [7, 11) is 4.88. The summed E-state index contributed by atoms with van der Waals surface area (Å²) in [6.07, 6.45) is -1.94. The first kappa shape index (κ1) is 38.5. The van der Waals surface area contributed by atoms with Crippen LogP contribution in [0.4, 0.5) is 22.0 Å². The molecular weight excluding hydrogens is 663 g/mol. The summed E-state index contributed by atoms with van der Waals surface area (Å²) in [6, 6.07) is 0.990. The van der Waals surface area contributed by atoms with Crippen molar-refractivity contribution >= 4 is 11.9 Å². The van der Waals surface area contributed by atoms with Crippen LogP contribution in [0.25, 0.3) is 11.1 Å². The van der Waals surface area contributed by atoms with Crippen molar-refractivity contribution in [1.82, 2.24) is 19.4 Å². The van der Waals surface area contributed by atoms with Gasteiger partial charge in [0.25, 0.3) is 5.56 Å². The van der Waals surface area contributed by atoms with Gasteiger partial charge in [-0.3, -0.25) is 23.5 Å². The molecule has 1 aliphatic rings. The molecule has 9 nitrogen and oxygen atoms in total. The van der Waals surface area contributed by atoms with Gasteiger partial charge in [-0.1, -0.05) is 19.8 Å². The second-order valence-corrected chi connectivity index (χ2v) is 13.5. The van der Waals surface area contributed by atoms with Gasteiger partial charge in [-0.2, -0.15) is 13.2 Å². The van der Waals surface area contributed by atoms with Gasteiger partial charge in [0.1, 0.15) is 17.7 Å². The van der Waals surface area contributed by atoms with Crippen molar-refractivity contribution in [1.29, 1.82) is 0 Å². The molecule has 272 valence electrons. The van der Waals surface area contributed by atoms with Gasteiger partial charge in [0.15, 0.2) is 0 Å². The number of aliphatic carboxylic acids is 1. The van der Waals surface area contributed by atoms with E-state index in [2.05, 4.69) is 5.32 Å². The number of halogens is 5. The van der Waals surface area contributed by atoms with Gasteiger partial charge in [-0.15, -0.1) is 0 Å². The average Bonchev–Trinajstić information content (AvgIpc) is 3.01. The van der Waals surface area contributed by atoms with Crippen LogP contribution in [0.1, 0.15) is 85.3 Å². The molecule has 1 aromatic heterocycles. The van der Waals surface area contributed by atoms with E-state index >= 15 is 4.39 Å². The SMILES string of the molecule is Cc1cc(F)cc2c1-c1cc(c(F)c(C(F)(F)F)c1)[C@H](CC(=O)O)NC(=O)[C@@H](n1cc(CCN(C)C)c(=O)n(C)c1=O)CCC(C)CCCC2. The van der Waals surface area contributed by atoms with E-state index in [1.807, 2.05) is 11.8 Å². The highest BCUT2D eigenvalue weighted by Crippen LogP contribution is 2.40. The fraction of sp³-hybridized carbons (Fsp3) is 0.500. The number of carbonyl (C=O) groups is 2. The van der Waals surface area contributed by atoms with E-state index in [4.69, 9.17) is 0 Å². The Morgan fingerprint density at radius 2 is 1.74 bits per heavy atom. The van der Waals surface area contributed by atoms with Crippen LogP contribution < -0.4 is 16.6 Å². The number of alkyl halides is 3. The summed E-state index contributed by atoms with van der Waals surface area (Å²) < 4.78 is 75.6. The molecule has 4 rings (SSSR count). The topological polar surface area (TPSA) is 114 Å². The number of nitrogens with one attached hydrogen (secondary N) is 1. The molecule has 0 saturated heterocycles. The average molecular weight is 707 g/mol. The normalized spacial score (nSPS) is 19.3. The monoisotopic (exact) mass is 706 g/mol. The number of carboxylic acids is 1. The first-order valence-electron chi connectivity index (χ1n) is 16.6. The molecule has 1 amide bonds. The number of carbonyl (C=O) groups excluding carboxylic acids is 1. The molecule has 0 saturated carbocycles. The molecule has 3 atom stereocenters. The predicted octanol–water partition coefficient (Wildman–Crippen LogP) is 5.94. The van der Waals surface area contributed by atoms with E-state index < -0.39 is 70.6 Å². The second-order valence-electron chi connectivity index (χ2n) is 13.5. The van der Waals surface area contributed by atoms with Gasteiger partial charge >= 0.3 is 17.8 Å². The van der Waals surface area contributed by atoms with Crippen molar-refractivity contribution in [3.8, 4) is 11.1 Å². The number of aryl methyl sites for hydroxylation is 2. The lowest BCUT2D eigenvalue weighted by molar-refractivity contribution is -0.140. The van der Waals surface area contributed by atoms with Gasteiger partial charge in [0.2, 0.25) is 5.91 Å². The molecule has 2 heterocycles. The molecule has 0 radical (unpaired) electrons. The summed E-state index contributed by atoms with van der Waals surface area (Å²) in [5.74, 6) is -4.75. The van der Waals surface area contributed by atoms with Gasteiger partial charge < -0.3 is 15.3 Å². The van der Waals surface area contributed by atoms with Crippen LogP contribution in [0.2, 0.25) is 0 Å². The molecule has 0 aliphatic carbocycles. The maximum absolute atomic E-state index is 16.0. The maximum atomic E-state index is 16.0. The van der Waals surface area contributed by atoms with E-state index in [9.17, 15) is 41.8 Å². The number of carboxylic acid groups (broad SMARTS) is 1. The highest BCUT2D eigenvalue weighted by molar-refractivity contribution is 5.82. The minimum atomic E-state index is -5.20. The molecule has 50 heavy (non-hydrogen) atoms. The smallest absolute Gasteiger partial charge is 0.419 e. The Kier molecular flexibility index (Phi) is 12.1. The molecular formula is C36H43F5N4O5. The van der Waals surface area contributed by atoms with E-state index in [-0.39, 0.29) is 35.4 Å². The van der Waals surface area contributed by atoms with Crippen molar-refractivity contribution in [2.24, 2.45) is 13.0 Å². The highest BCUT2D eigenvalue weighted by Gasteiger charge is 2.38. The zero-order chi connectivity index (χ0) is 37.1. The summed E-state index contributed by atoms with van der Waals surface area (Å²) in [5, 5.41) is 12.3. The molecule has 2 N–H and O–H groups in total. The first-order chi connectivity index (χ1) is 23.4. The molecule has 2 aromatic carbocycles. The Bertz CT molecular complexity index is 1870. The zero-order valence-electron chi connectivity index (χ0n) is 28.8. The van der Waals surface area contributed by atoms with Crippen molar-refractivity contribution in [2.75, 3.05) is 20.6 Å². The Morgan fingerprint density at radius 3 is 2.38 bits per heavy atom. The van der Waals surface area contributed by atoms with Crippen molar-refractivity contribution in [3.63, 3.8) is 0 Å². The van der Waals surface area contributed by atoms with Gasteiger partial charge in [0.05, 0.1) is 18.0 Å². The Hall–Kier alpha value is -4.33. The number of hydrogen-bond donors (Lipinski definition) is 2. The van der Waals surface area contributed by atoms with Crippen LogP contribution in [0, 0.1) is 24.5 Å². The number of benzene rings is 2. The zero-order valence-corrected chi connectivity index (χ0v) is 28.8. The second kappa shape index (κ2) is 15.7. The van der Waals surface area contributed by atoms with E-state index in [0.717, 1.165) is 21.3 Å². The molecule has 1 unspecified atom stereocenters. The molecule has 3 aromatic rings. The third-order valence-corrected chi connectivity index (χ3v) is 9.32. The van der Waals surface area contributed by atoms with Crippen molar-refractivity contribution in [2.45, 2.75) is 83.5 Å². The van der Waals surface area contributed by atoms with E-state index in [0.29, 0.717) is 55.8 Å². The minimum absolute atomic E-state index is 0.0395. The van der Waals surface area contributed by atoms with Gasteiger partial charge in [-0.25, -0.2) is 13.6 Å². The number of rotatable bonds is 6. The van der Waals surface area contributed by atoms with Crippen LogP contribution in [-0.4, -0.2) is 51.7 Å². The lowest BCUT2D eigenvalue weighted by Crippen LogP contribution is -2.46. The number of fused-ring (bicyclic) bond motifs is 4. The molecule has 1 aliphatic heterocycles. The fourth-order valence-electron chi connectivity index (χ4n) is 6.64. The van der Waals surface area contributed by atoms with Crippen LogP contribution in [-0.2, 0) is 35.7 Å². The van der Waals surface area contributed by atoms with E-state index in [1.165, 1.54) is 26.2 Å². The third-order valence-electron chi connectivity index (χ3n) is 9.32. The lowest BCUT2D eigenvalue weighted by atomic mass is 9.87. The quantitative estimate of drug-likeness (QED) is 0.307. The number of nitrogens with zero attached hydrogens (tertiary/aromatic N) is 3. The highest BCUT2D eigenvalue weighted by atomic mass is 19.4. The lowest BCUT2D eigenvalue weighted by Gasteiger charge is -2.27. The van der Waals surface area contributed by atoms with Crippen LogP contribution >= 0.6 is 0 Å². The Labute approximate surface area is 286 Å². The summed E-state index contributed by atoms with van der Waals surface area (Å²) >= 11 is 0. The van der Waals surface area contributed by atoms with E-state index in [1.54, 1.807) is 14.1 Å². The van der Waals surface area contributed by atoms with Gasteiger partial charge in [0, 0.05) is 30.9 Å². The van der Waals surface area contributed by atoms with Crippen LogP contribution in [0.3, 0.4) is 0 Å². The Morgan fingerprint density at radius 1 is 1.04 bits per heavy atom. The molecule has 14 heteroatoms. The minimum Gasteiger partial charge on any atom is -0.481 e. The number of aromatic nitrogens is 2. The number of hydrogen-bond acceptors (Lipinski definition) is 5. The first-order valence-corrected chi connectivity index (χ1v) is 16.6. The maximum Gasteiger partial charge on any atom is 0.419 e. The molecule has 0 fully saturated rings. The van der Waals surface area contributed by atoms with Crippen molar-refractivity contribution < 1.29 is 36.6 Å². The number of amides is 1. The predicted molar refractivity (Wildman–Crippen MR) is 178 cm³/mol. The third kappa shape index (κ3) is 8.87. The van der Waals surface area contributed by atoms with Gasteiger partial charge in [-0.05, 0) is 106 Å². The number of likely N-dealkylation sites (N-methyl/N-ethyl adjacent to an activating group) is 1.